The summed E-state index contributed by atoms with van der Waals surface area (Å²) in [6, 6.07) is 0.531. The van der Waals surface area contributed by atoms with Gasteiger partial charge in [-0.1, -0.05) is 182 Å². The van der Waals surface area contributed by atoms with Crippen molar-refractivity contribution in [2.75, 3.05) is 47.0 Å². The molecule has 0 aliphatic rings. The Hall–Kier alpha value is -1.67. The van der Waals surface area contributed by atoms with Gasteiger partial charge in [0.15, 0.2) is 0 Å². The quantitative estimate of drug-likeness (QED) is 0.0370. The number of unbranched alkanes of at least 4 members (excludes halogenated alkanes) is 21. The number of nitrogens with zero attached hydrogens (tertiary/aromatic N) is 2. The Morgan fingerprint density at radius 1 is 0.525 bits per heavy atom. The van der Waals surface area contributed by atoms with E-state index in [1.807, 2.05) is 11.9 Å². The van der Waals surface area contributed by atoms with Crippen molar-refractivity contribution in [3.8, 4) is 0 Å². The summed E-state index contributed by atoms with van der Waals surface area (Å²) in [5.74, 6) is 1.08. The maximum absolute atomic E-state index is 12.9. The summed E-state index contributed by atoms with van der Waals surface area (Å²) in [6.45, 7) is 14.7. The molecule has 61 heavy (non-hydrogen) atoms. The van der Waals surface area contributed by atoms with Crippen molar-refractivity contribution in [3.05, 3.63) is 0 Å². The van der Waals surface area contributed by atoms with E-state index in [-0.39, 0.29) is 18.5 Å². The van der Waals surface area contributed by atoms with Gasteiger partial charge in [0.2, 0.25) is 5.91 Å². The van der Waals surface area contributed by atoms with Crippen LogP contribution in [0.5, 0.6) is 0 Å². The highest BCUT2D eigenvalue weighted by Crippen LogP contribution is 2.24. The third-order valence-electron chi connectivity index (χ3n) is 12.8. The van der Waals surface area contributed by atoms with Crippen molar-refractivity contribution in [1.82, 2.24) is 9.80 Å². The number of rotatable bonds is 46. The maximum Gasteiger partial charge on any atom is 0.308 e. The van der Waals surface area contributed by atoms with E-state index >= 15 is 0 Å². The lowest BCUT2D eigenvalue weighted by atomic mass is 9.91. The number of esters is 1. The van der Waals surface area contributed by atoms with Crippen LogP contribution < -0.4 is 0 Å². The first-order valence-corrected chi connectivity index (χ1v) is 26.5. The van der Waals surface area contributed by atoms with E-state index in [0.29, 0.717) is 37.6 Å². The number of hydrogen-bond donors (Lipinski definition) is 1. The van der Waals surface area contributed by atoms with Crippen LogP contribution in [0.4, 0.5) is 0 Å². The molecule has 0 saturated carbocycles. The fourth-order valence-electron chi connectivity index (χ4n) is 8.35. The van der Waals surface area contributed by atoms with Gasteiger partial charge in [0.05, 0.1) is 19.1 Å². The van der Waals surface area contributed by atoms with Crippen molar-refractivity contribution in [2.45, 2.75) is 265 Å². The summed E-state index contributed by atoms with van der Waals surface area (Å²) in [5, 5.41) is 9.11. The second kappa shape index (κ2) is 49.3. The first-order valence-electron chi connectivity index (χ1n) is 26.5. The van der Waals surface area contributed by atoms with Gasteiger partial charge in [-0.25, -0.2) is 0 Å². The highest BCUT2D eigenvalue weighted by molar-refractivity contribution is 5.76. The molecule has 8 heteroatoms. The summed E-state index contributed by atoms with van der Waals surface area (Å²) >= 11 is 0. The van der Waals surface area contributed by atoms with Crippen LogP contribution in [-0.2, 0) is 23.9 Å². The molecule has 0 saturated heterocycles. The van der Waals surface area contributed by atoms with Gasteiger partial charge in [0, 0.05) is 32.7 Å². The molecule has 0 aromatic rings. The molecule has 364 valence electrons. The van der Waals surface area contributed by atoms with Gasteiger partial charge in [-0.3, -0.25) is 14.4 Å². The molecule has 3 atom stereocenters. The van der Waals surface area contributed by atoms with E-state index in [9.17, 15) is 14.4 Å². The van der Waals surface area contributed by atoms with Crippen molar-refractivity contribution in [3.63, 3.8) is 0 Å². The van der Waals surface area contributed by atoms with Crippen molar-refractivity contribution >= 4 is 18.3 Å². The predicted octanol–water partition coefficient (Wildman–Crippen LogP) is 14.4. The average molecular weight is 867 g/mol. The second-order valence-electron chi connectivity index (χ2n) is 18.4. The van der Waals surface area contributed by atoms with Gasteiger partial charge in [0.25, 0.3) is 6.47 Å². The Kier molecular flexibility index (Phi) is 49.7. The molecular formula is C53H106N2O6. The Labute approximate surface area is 380 Å². The van der Waals surface area contributed by atoms with E-state index in [2.05, 4.69) is 46.6 Å². The average Bonchev–Trinajstić information content (AvgIpc) is 3.26. The number of hydrogen-bond acceptors (Lipinski definition) is 7. The first kappa shape index (κ1) is 61.4. The summed E-state index contributed by atoms with van der Waals surface area (Å²) in [4.78, 5) is 39.7. The number of ether oxygens (including phenoxy) is 2. The van der Waals surface area contributed by atoms with Crippen LogP contribution in [-0.4, -0.2) is 86.3 Å². The zero-order valence-corrected chi connectivity index (χ0v) is 42.0. The monoisotopic (exact) mass is 867 g/mol. The Balaban J connectivity index is 0. The largest absolute Gasteiger partial charge is 0.468 e. The number of amides is 1. The van der Waals surface area contributed by atoms with Crippen molar-refractivity contribution < 1.29 is 29.0 Å². The van der Waals surface area contributed by atoms with E-state index in [1.165, 1.54) is 128 Å². The first-order chi connectivity index (χ1) is 29.7. The molecule has 0 radical (unpaired) electrons. The van der Waals surface area contributed by atoms with Gasteiger partial charge in [-0.2, -0.15) is 0 Å². The molecular weight excluding hydrogens is 761 g/mol. The summed E-state index contributed by atoms with van der Waals surface area (Å²) in [6.07, 6.45) is 41.5. The van der Waals surface area contributed by atoms with Gasteiger partial charge >= 0.3 is 5.97 Å². The molecule has 0 bridgehead atoms. The molecule has 8 nitrogen and oxygen atoms in total. The third-order valence-corrected chi connectivity index (χ3v) is 12.8. The molecule has 0 spiro atoms. The van der Waals surface area contributed by atoms with E-state index < -0.39 is 0 Å². The standard InChI is InChI=1S/C33H65NO5.C20H41NO/c1-4-6-8-10-11-15-23-31(22-14-9-7-5-2)33(37)39-29-21-13-17-25-32(34(3)26-18-19-27-35)24-16-12-20-28-38-30-36;1-5-8-10-12-13-15-17-19(16-14-11-9-6-2)18-20(22)21(4)7-3/h30-32,35H,4-29H2,1-3H3;19H,5-18H2,1-4H3. The lowest BCUT2D eigenvalue weighted by Gasteiger charge is -2.28. The molecule has 0 rings (SSSR count). The Morgan fingerprint density at radius 2 is 0.951 bits per heavy atom. The molecule has 1 N–H and O–H groups in total. The van der Waals surface area contributed by atoms with Gasteiger partial charge in [-0.15, -0.1) is 0 Å². The van der Waals surface area contributed by atoms with Gasteiger partial charge in [-0.05, 0) is 90.6 Å². The van der Waals surface area contributed by atoms with Crippen LogP contribution >= 0.6 is 0 Å². The lowest BCUT2D eigenvalue weighted by molar-refractivity contribution is -0.149. The van der Waals surface area contributed by atoms with Crippen LogP contribution in [0.2, 0.25) is 0 Å². The molecule has 0 aliphatic heterocycles. The fraction of sp³-hybridized carbons (Fsp3) is 0.943. The minimum absolute atomic E-state index is 0.0418. The summed E-state index contributed by atoms with van der Waals surface area (Å²) in [5.41, 5.74) is 0. The Morgan fingerprint density at radius 3 is 1.43 bits per heavy atom. The second-order valence-corrected chi connectivity index (χ2v) is 18.4. The highest BCUT2D eigenvalue weighted by Gasteiger charge is 2.20. The number of carbonyl (C=O) groups is 3. The maximum atomic E-state index is 12.9. The highest BCUT2D eigenvalue weighted by atomic mass is 16.5. The summed E-state index contributed by atoms with van der Waals surface area (Å²) in [7, 11) is 4.13. The minimum atomic E-state index is 0.0418. The predicted molar refractivity (Wildman–Crippen MR) is 261 cm³/mol. The number of aliphatic hydroxyl groups is 1. The van der Waals surface area contributed by atoms with E-state index in [1.54, 1.807) is 0 Å². The molecule has 0 aliphatic carbocycles. The lowest BCUT2D eigenvalue weighted by Crippen LogP contribution is -2.32. The molecule has 0 fully saturated rings. The molecule has 1 amide bonds. The number of carbonyl (C=O) groups excluding carboxylic acids is 3. The zero-order valence-electron chi connectivity index (χ0n) is 42.0. The van der Waals surface area contributed by atoms with Crippen LogP contribution in [0.1, 0.15) is 259 Å². The minimum Gasteiger partial charge on any atom is -0.468 e. The van der Waals surface area contributed by atoms with E-state index in [4.69, 9.17) is 14.6 Å². The normalized spacial score (nSPS) is 12.7. The third kappa shape index (κ3) is 42.1. The smallest absolute Gasteiger partial charge is 0.308 e. The zero-order chi connectivity index (χ0) is 45.4. The Bertz CT molecular complexity index is 919. The van der Waals surface area contributed by atoms with E-state index in [0.717, 1.165) is 109 Å². The van der Waals surface area contributed by atoms with Crippen LogP contribution in [0.25, 0.3) is 0 Å². The SMILES string of the molecule is CCCCCCCCC(CCCCCC)C(=O)OCCCCCC(CCCCCOC=O)N(C)CCCCO.CCCCCCCCC(CCCCCC)CC(=O)N(C)CC. The van der Waals surface area contributed by atoms with Crippen molar-refractivity contribution in [1.29, 1.82) is 0 Å². The van der Waals surface area contributed by atoms with Gasteiger partial charge < -0.3 is 24.4 Å². The fourth-order valence-corrected chi connectivity index (χ4v) is 8.35. The molecule has 0 heterocycles. The van der Waals surface area contributed by atoms with Gasteiger partial charge in [0.1, 0.15) is 0 Å². The topological polar surface area (TPSA) is 96.4 Å². The van der Waals surface area contributed by atoms with Crippen LogP contribution in [0.3, 0.4) is 0 Å². The molecule has 3 unspecified atom stereocenters. The number of aliphatic hydroxyl groups excluding tert-OH is 1. The van der Waals surface area contributed by atoms with Crippen LogP contribution in [0.15, 0.2) is 0 Å². The van der Waals surface area contributed by atoms with Crippen molar-refractivity contribution in [2.24, 2.45) is 11.8 Å². The molecule has 0 aromatic heterocycles. The molecule has 0 aromatic carbocycles. The summed E-state index contributed by atoms with van der Waals surface area (Å²) < 4.78 is 10.6. The van der Waals surface area contributed by atoms with Crippen LogP contribution in [0, 0.1) is 11.8 Å².